The lowest BCUT2D eigenvalue weighted by atomic mass is 10.2. The third-order valence-corrected chi connectivity index (χ3v) is 4.25. The summed E-state index contributed by atoms with van der Waals surface area (Å²) in [4.78, 5) is 13.0. The summed E-state index contributed by atoms with van der Waals surface area (Å²) in [7, 11) is -3.86. The van der Waals surface area contributed by atoms with Crippen molar-refractivity contribution < 1.29 is 18.3 Å². The molecule has 21 heavy (non-hydrogen) atoms. The van der Waals surface area contributed by atoms with E-state index in [0.29, 0.717) is 11.2 Å². The first kappa shape index (κ1) is 13.2. The molecule has 0 saturated heterocycles. The van der Waals surface area contributed by atoms with Crippen molar-refractivity contribution in [1.82, 2.24) is 15.2 Å². The lowest BCUT2D eigenvalue weighted by Crippen LogP contribution is -2.12. The smallest absolute Gasteiger partial charge is 0.352 e. The SMILES string of the molecule is O=C(O)c1cc(S(=O)(=O)Nc2ccc3cn[nH]c3c2)c[nH]1. The van der Waals surface area contributed by atoms with E-state index in [2.05, 4.69) is 19.9 Å². The van der Waals surface area contributed by atoms with Crippen LogP contribution in [0.3, 0.4) is 0 Å². The molecular weight excluding hydrogens is 296 g/mol. The van der Waals surface area contributed by atoms with Crippen LogP contribution in [0, 0.1) is 0 Å². The lowest BCUT2D eigenvalue weighted by molar-refractivity contribution is 0.0691. The highest BCUT2D eigenvalue weighted by Crippen LogP contribution is 2.20. The summed E-state index contributed by atoms with van der Waals surface area (Å²) < 4.78 is 26.7. The normalized spacial score (nSPS) is 11.6. The molecule has 0 unspecified atom stereocenters. The van der Waals surface area contributed by atoms with Gasteiger partial charge in [-0.25, -0.2) is 13.2 Å². The number of H-pyrrole nitrogens is 2. The molecule has 3 rings (SSSR count). The van der Waals surface area contributed by atoms with Crippen molar-refractivity contribution >= 4 is 32.6 Å². The van der Waals surface area contributed by atoms with E-state index < -0.39 is 16.0 Å². The third kappa shape index (κ3) is 2.46. The first-order valence-corrected chi connectivity index (χ1v) is 7.32. The van der Waals surface area contributed by atoms with Crippen molar-refractivity contribution in [1.29, 1.82) is 0 Å². The number of carboxylic acid groups (broad SMARTS) is 1. The molecule has 0 aliphatic heterocycles. The topological polar surface area (TPSA) is 128 Å². The largest absolute Gasteiger partial charge is 0.477 e. The van der Waals surface area contributed by atoms with Gasteiger partial charge in [-0.15, -0.1) is 0 Å². The van der Waals surface area contributed by atoms with E-state index in [1.165, 1.54) is 0 Å². The highest BCUT2D eigenvalue weighted by Gasteiger charge is 2.18. The van der Waals surface area contributed by atoms with Crippen molar-refractivity contribution in [2.45, 2.75) is 4.90 Å². The van der Waals surface area contributed by atoms with Gasteiger partial charge in [-0.2, -0.15) is 5.10 Å². The van der Waals surface area contributed by atoms with Crippen molar-refractivity contribution in [2.24, 2.45) is 0 Å². The second-order valence-electron chi connectivity index (χ2n) is 4.33. The second-order valence-corrected chi connectivity index (χ2v) is 6.01. The molecular formula is C12H10N4O4S. The molecule has 0 aliphatic rings. The molecule has 0 spiro atoms. The fraction of sp³-hybridized carbons (Fsp3) is 0. The summed E-state index contributed by atoms with van der Waals surface area (Å²) in [5.74, 6) is -1.23. The fourth-order valence-electron chi connectivity index (χ4n) is 1.87. The molecule has 8 nitrogen and oxygen atoms in total. The molecule has 9 heteroatoms. The maximum Gasteiger partial charge on any atom is 0.352 e. The maximum absolute atomic E-state index is 12.2. The van der Waals surface area contributed by atoms with Gasteiger partial charge in [0.1, 0.15) is 10.6 Å². The Morgan fingerprint density at radius 1 is 1.29 bits per heavy atom. The van der Waals surface area contributed by atoms with Gasteiger partial charge < -0.3 is 10.1 Å². The van der Waals surface area contributed by atoms with Gasteiger partial charge in [0.2, 0.25) is 0 Å². The van der Waals surface area contributed by atoms with Crippen molar-refractivity contribution in [3.8, 4) is 0 Å². The molecule has 0 atom stereocenters. The number of carbonyl (C=O) groups is 1. The van der Waals surface area contributed by atoms with Gasteiger partial charge in [0.05, 0.1) is 17.4 Å². The minimum absolute atomic E-state index is 0.149. The van der Waals surface area contributed by atoms with Crippen LogP contribution >= 0.6 is 0 Å². The van der Waals surface area contributed by atoms with Crippen LogP contribution in [0.4, 0.5) is 5.69 Å². The number of nitrogens with zero attached hydrogens (tertiary/aromatic N) is 1. The van der Waals surface area contributed by atoms with Gasteiger partial charge in [-0.05, 0) is 24.3 Å². The zero-order valence-electron chi connectivity index (χ0n) is 10.5. The number of aromatic carboxylic acids is 1. The van der Waals surface area contributed by atoms with Crippen LogP contribution in [0.15, 0.2) is 41.6 Å². The first-order chi connectivity index (χ1) is 9.95. The fourth-order valence-corrected chi connectivity index (χ4v) is 2.91. The number of benzene rings is 1. The third-order valence-electron chi connectivity index (χ3n) is 2.89. The predicted molar refractivity (Wildman–Crippen MR) is 74.7 cm³/mol. The Labute approximate surface area is 118 Å². The molecule has 3 aromatic rings. The number of nitrogens with one attached hydrogen (secondary N) is 3. The highest BCUT2D eigenvalue weighted by atomic mass is 32.2. The summed E-state index contributed by atoms with van der Waals surface area (Å²) in [5, 5.41) is 16.2. The van der Waals surface area contributed by atoms with E-state index in [1.54, 1.807) is 24.4 Å². The van der Waals surface area contributed by atoms with Crippen LogP contribution in [0.25, 0.3) is 10.9 Å². The number of carboxylic acids is 1. The summed E-state index contributed by atoms with van der Waals surface area (Å²) in [5.41, 5.74) is 0.847. The molecule has 4 N–H and O–H groups in total. The van der Waals surface area contributed by atoms with Gasteiger partial charge in [0.15, 0.2) is 0 Å². The molecule has 108 valence electrons. The van der Waals surface area contributed by atoms with E-state index >= 15 is 0 Å². The Hall–Kier alpha value is -2.81. The molecule has 0 fully saturated rings. The Balaban J connectivity index is 1.92. The molecule has 0 bridgehead atoms. The number of hydrogen-bond acceptors (Lipinski definition) is 4. The van der Waals surface area contributed by atoms with Gasteiger partial charge >= 0.3 is 5.97 Å². The molecule has 2 aromatic heterocycles. The number of anilines is 1. The Bertz CT molecular complexity index is 926. The van der Waals surface area contributed by atoms with Gasteiger partial charge in [-0.1, -0.05) is 0 Å². The highest BCUT2D eigenvalue weighted by molar-refractivity contribution is 7.92. The van der Waals surface area contributed by atoms with Crippen LogP contribution < -0.4 is 4.72 Å². The Morgan fingerprint density at radius 3 is 2.81 bits per heavy atom. The number of sulfonamides is 1. The molecule has 0 radical (unpaired) electrons. The van der Waals surface area contributed by atoms with Crippen LogP contribution in [0.1, 0.15) is 10.5 Å². The Morgan fingerprint density at radius 2 is 2.10 bits per heavy atom. The van der Waals surface area contributed by atoms with Gasteiger partial charge in [-0.3, -0.25) is 9.82 Å². The van der Waals surface area contributed by atoms with E-state index in [0.717, 1.165) is 17.6 Å². The number of hydrogen-bond donors (Lipinski definition) is 4. The summed E-state index contributed by atoms with van der Waals surface area (Å²) in [6.07, 6.45) is 2.75. The predicted octanol–water partition coefficient (Wildman–Crippen LogP) is 1.39. The van der Waals surface area contributed by atoms with Crippen molar-refractivity contribution in [3.05, 3.63) is 42.4 Å². The first-order valence-electron chi connectivity index (χ1n) is 5.83. The maximum atomic E-state index is 12.2. The zero-order chi connectivity index (χ0) is 15.0. The van der Waals surface area contributed by atoms with E-state index in [1.807, 2.05) is 0 Å². The molecule has 0 amide bonds. The average molecular weight is 306 g/mol. The zero-order valence-corrected chi connectivity index (χ0v) is 11.3. The second kappa shape index (κ2) is 4.63. The minimum atomic E-state index is -3.86. The molecule has 1 aromatic carbocycles. The molecule has 2 heterocycles. The monoisotopic (exact) mass is 306 g/mol. The van der Waals surface area contributed by atoms with Crippen molar-refractivity contribution in [3.63, 3.8) is 0 Å². The average Bonchev–Trinajstić information content (AvgIpc) is 3.07. The molecule has 0 aliphatic carbocycles. The quantitative estimate of drug-likeness (QED) is 0.579. The van der Waals surface area contributed by atoms with Gasteiger partial charge in [0.25, 0.3) is 10.0 Å². The summed E-state index contributed by atoms with van der Waals surface area (Å²) >= 11 is 0. The number of rotatable bonds is 4. The number of aromatic nitrogens is 3. The van der Waals surface area contributed by atoms with Gasteiger partial charge in [0, 0.05) is 11.6 Å². The Kier molecular flexibility index (Phi) is 2.91. The van der Waals surface area contributed by atoms with E-state index in [-0.39, 0.29) is 10.6 Å². The number of aromatic amines is 2. The van der Waals surface area contributed by atoms with E-state index in [9.17, 15) is 13.2 Å². The summed E-state index contributed by atoms with van der Waals surface area (Å²) in [6.45, 7) is 0. The lowest BCUT2D eigenvalue weighted by Gasteiger charge is -2.06. The molecule has 0 saturated carbocycles. The minimum Gasteiger partial charge on any atom is -0.477 e. The standard InChI is InChI=1S/C12H10N4O4S/c17-12(18)11-4-9(6-13-11)21(19,20)16-8-2-1-7-5-14-15-10(7)3-8/h1-6,13,16H,(H,14,15)(H,17,18). The van der Waals surface area contributed by atoms with Crippen molar-refractivity contribution in [2.75, 3.05) is 4.72 Å². The number of fused-ring (bicyclic) bond motifs is 1. The van der Waals surface area contributed by atoms with Crippen LogP contribution in [0.2, 0.25) is 0 Å². The van der Waals surface area contributed by atoms with Crippen LogP contribution in [0.5, 0.6) is 0 Å². The van der Waals surface area contributed by atoms with Crippen LogP contribution in [-0.4, -0.2) is 34.7 Å². The summed E-state index contributed by atoms with van der Waals surface area (Å²) in [6, 6.07) is 5.97. The van der Waals surface area contributed by atoms with Crippen LogP contribution in [-0.2, 0) is 10.0 Å². The van der Waals surface area contributed by atoms with E-state index in [4.69, 9.17) is 5.11 Å².